The minimum atomic E-state index is -0.543. The number of hydrazone groups is 1. The molecule has 9 nitrogen and oxygen atoms in total. The highest BCUT2D eigenvalue weighted by Crippen LogP contribution is 2.19. The smallest absolute Gasteiger partial charge is 0.265 e. The summed E-state index contributed by atoms with van der Waals surface area (Å²) in [7, 11) is 1.71. The third-order valence-corrected chi connectivity index (χ3v) is 3.30. The number of carbonyl (C=O) groups excluding carboxylic acids is 2. The summed E-state index contributed by atoms with van der Waals surface area (Å²) in [5, 5.41) is 12.5. The lowest BCUT2D eigenvalue weighted by molar-refractivity contribution is -0.118. The van der Waals surface area contributed by atoms with Crippen LogP contribution in [0.4, 0.5) is 5.82 Å². The molecule has 0 spiro atoms. The van der Waals surface area contributed by atoms with Gasteiger partial charge < -0.3 is 5.32 Å². The standard InChI is InChI=1S/C13H15N7O2/c1-4-10(21)15-9-5-7(2)18-20(9)13-16-11-8(12(22)17-13)6-14-19(11)3/h5-6,8H,4H2,1-3H3,(H,15,21). The van der Waals surface area contributed by atoms with Crippen LogP contribution >= 0.6 is 0 Å². The SMILES string of the molecule is CCC(=O)Nc1cc(C)nn1C1=NC(=O)C2C=NN(C)C2=N1. The van der Waals surface area contributed by atoms with Crippen molar-refractivity contribution in [2.45, 2.75) is 20.3 Å². The lowest BCUT2D eigenvalue weighted by Gasteiger charge is -2.17. The first-order valence-corrected chi connectivity index (χ1v) is 6.85. The Hall–Kier alpha value is -2.84. The van der Waals surface area contributed by atoms with Crippen molar-refractivity contribution in [2.75, 3.05) is 12.4 Å². The van der Waals surface area contributed by atoms with Gasteiger partial charge in [-0.25, -0.2) is 0 Å². The summed E-state index contributed by atoms with van der Waals surface area (Å²) in [6.45, 7) is 3.53. The molecule has 1 unspecified atom stereocenters. The topological polar surface area (TPSA) is 104 Å². The average Bonchev–Trinajstić information content (AvgIpc) is 3.03. The zero-order valence-electron chi connectivity index (χ0n) is 12.4. The van der Waals surface area contributed by atoms with Crippen LogP contribution in [-0.4, -0.2) is 51.7 Å². The van der Waals surface area contributed by atoms with Crippen LogP contribution in [0.1, 0.15) is 19.0 Å². The summed E-state index contributed by atoms with van der Waals surface area (Å²) in [6, 6.07) is 1.70. The molecule has 9 heteroatoms. The van der Waals surface area contributed by atoms with E-state index in [1.165, 1.54) is 15.9 Å². The van der Waals surface area contributed by atoms with Gasteiger partial charge in [0.25, 0.3) is 11.9 Å². The molecule has 114 valence electrons. The maximum absolute atomic E-state index is 12.1. The molecule has 1 aromatic heterocycles. The number of anilines is 1. The molecule has 1 atom stereocenters. The highest BCUT2D eigenvalue weighted by atomic mass is 16.2. The van der Waals surface area contributed by atoms with Crippen LogP contribution in [0, 0.1) is 12.8 Å². The van der Waals surface area contributed by atoms with Crippen molar-refractivity contribution in [3.05, 3.63) is 11.8 Å². The van der Waals surface area contributed by atoms with Crippen LogP contribution in [0.5, 0.6) is 0 Å². The van der Waals surface area contributed by atoms with Gasteiger partial charge in [0.1, 0.15) is 17.6 Å². The lowest BCUT2D eigenvalue weighted by atomic mass is 10.1. The summed E-state index contributed by atoms with van der Waals surface area (Å²) in [5.74, 6) is -0.00635. The van der Waals surface area contributed by atoms with Gasteiger partial charge in [-0.1, -0.05) is 6.92 Å². The monoisotopic (exact) mass is 301 g/mol. The minimum Gasteiger partial charge on any atom is -0.310 e. The number of fused-ring (bicyclic) bond motifs is 1. The fourth-order valence-electron chi connectivity index (χ4n) is 2.17. The molecule has 3 rings (SSSR count). The number of amidine groups is 1. The molecule has 0 radical (unpaired) electrons. The van der Waals surface area contributed by atoms with E-state index in [-0.39, 0.29) is 17.8 Å². The second-order valence-corrected chi connectivity index (χ2v) is 4.97. The van der Waals surface area contributed by atoms with Crippen LogP contribution < -0.4 is 5.32 Å². The van der Waals surface area contributed by atoms with Crippen molar-refractivity contribution in [2.24, 2.45) is 21.0 Å². The fourth-order valence-corrected chi connectivity index (χ4v) is 2.17. The molecule has 1 aromatic rings. The van der Waals surface area contributed by atoms with Gasteiger partial charge in [0, 0.05) is 25.7 Å². The van der Waals surface area contributed by atoms with Gasteiger partial charge in [0.05, 0.1) is 5.69 Å². The number of nitrogens with zero attached hydrogens (tertiary/aromatic N) is 6. The second-order valence-electron chi connectivity index (χ2n) is 4.97. The summed E-state index contributed by atoms with van der Waals surface area (Å²) in [6.07, 6.45) is 1.85. The molecule has 2 aliphatic rings. The number of hydrogen-bond acceptors (Lipinski definition) is 6. The molecule has 2 aliphatic heterocycles. The molecular formula is C13H15N7O2. The molecule has 0 saturated heterocycles. The van der Waals surface area contributed by atoms with Gasteiger partial charge in [0.15, 0.2) is 0 Å². The lowest BCUT2D eigenvalue weighted by Crippen LogP contribution is -2.35. The summed E-state index contributed by atoms with van der Waals surface area (Å²) in [4.78, 5) is 32.0. The van der Waals surface area contributed by atoms with E-state index in [0.29, 0.717) is 23.8 Å². The van der Waals surface area contributed by atoms with E-state index < -0.39 is 5.92 Å². The van der Waals surface area contributed by atoms with Crippen LogP contribution in [-0.2, 0) is 9.59 Å². The van der Waals surface area contributed by atoms with Gasteiger partial charge in [-0.2, -0.15) is 24.9 Å². The normalized spacial score (nSPS) is 19.9. The summed E-state index contributed by atoms with van der Waals surface area (Å²) >= 11 is 0. The van der Waals surface area contributed by atoms with Crippen LogP contribution in [0.2, 0.25) is 0 Å². The predicted molar refractivity (Wildman–Crippen MR) is 80.9 cm³/mol. The van der Waals surface area contributed by atoms with E-state index in [1.807, 2.05) is 0 Å². The summed E-state index contributed by atoms with van der Waals surface area (Å²) < 4.78 is 1.36. The van der Waals surface area contributed by atoms with Crippen LogP contribution in [0.25, 0.3) is 0 Å². The molecule has 0 aromatic carbocycles. The van der Waals surface area contributed by atoms with Crippen LogP contribution in [0.3, 0.4) is 0 Å². The Bertz CT molecular complexity index is 744. The summed E-state index contributed by atoms with van der Waals surface area (Å²) in [5.41, 5.74) is 0.680. The molecule has 3 heterocycles. The Morgan fingerprint density at radius 2 is 2.18 bits per heavy atom. The van der Waals surface area contributed by atoms with Crippen molar-refractivity contribution >= 4 is 35.6 Å². The van der Waals surface area contributed by atoms with E-state index in [4.69, 9.17) is 0 Å². The number of aliphatic imine (C=N–C) groups is 2. The number of nitrogens with one attached hydrogen (secondary N) is 1. The molecule has 22 heavy (non-hydrogen) atoms. The Kier molecular flexibility index (Phi) is 3.32. The first-order valence-electron chi connectivity index (χ1n) is 6.85. The molecular weight excluding hydrogens is 286 g/mol. The quantitative estimate of drug-likeness (QED) is 0.844. The van der Waals surface area contributed by atoms with Crippen molar-refractivity contribution < 1.29 is 9.59 Å². The number of amides is 2. The second kappa shape index (κ2) is 5.17. The molecule has 0 fully saturated rings. The molecule has 1 N–H and O–H groups in total. The number of hydrogen-bond donors (Lipinski definition) is 1. The van der Waals surface area contributed by atoms with Gasteiger partial charge in [0.2, 0.25) is 5.91 Å². The third-order valence-electron chi connectivity index (χ3n) is 3.30. The Morgan fingerprint density at radius 1 is 1.41 bits per heavy atom. The Balaban J connectivity index is 2.00. The van der Waals surface area contributed by atoms with E-state index >= 15 is 0 Å². The number of carbonyl (C=O) groups is 2. The van der Waals surface area contributed by atoms with Crippen molar-refractivity contribution in [1.82, 2.24) is 14.8 Å². The van der Waals surface area contributed by atoms with E-state index in [9.17, 15) is 9.59 Å². The van der Waals surface area contributed by atoms with Crippen LogP contribution in [0.15, 0.2) is 21.2 Å². The van der Waals surface area contributed by atoms with Crippen molar-refractivity contribution in [1.29, 1.82) is 0 Å². The van der Waals surface area contributed by atoms with E-state index in [2.05, 4.69) is 25.5 Å². The minimum absolute atomic E-state index is 0.119. The predicted octanol–water partition coefficient (Wildman–Crippen LogP) is 0.230. The van der Waals surface area contributed by atoms with Gasteiger partial charge in [-0.3, -0.25) is 14.6 Å². The molecule has 0 bridgehead atoms. The fraction of sp³-hybridized carbons (Fsp3) is 0.385. The zero-order valence-corrected chi connectivity index (χ0v) is 12.4. The first kappa shape index (κ1) is 14.1. The Labute approximate surface area is 126 Å². The molecule has 0 aliphatic carbocycles. The maximum Gasteiger partial charge on any atom is 0.265 e. The highest BCUT2D eigenvalue weighted by molar-refractivity contribution is 6.24. The highest BCUT2D eigenvalue weighted by Gasteiger charge is 2.35. The van der Waals surface area contributed by atoms with Crippen molar-refractivity contribution in [3.8, 4) is 0 Å². The van der Waals surface area contributed by atoms with Gasteiger partial charge >= 0.3 is 0 Å². The van der Waals surface area contributed by atoms with Crippen molar-refractivity contribution in [3.63, 3.8) is 0 Å². The maximum atomic E-state index is 12.1. The first-order chi connectivity index (χ1) is 10.5. The van der Waals surface area contributed by atoms with Gasteiger partial charge in [-0.05, 0) is 6.92 Å². The molecule has 0 saturated carbocycles. The Morgan fingerprint density at radius 3 is 2.91 bits per heavy atom. The molecule has 2 amide bonds. The van der Waals surface area contributed by atoms with Gasteiger partial charge in [-0.15, -0.1) is 0 Å². The number of rotatable bonds is 2. The zero-order chi connectivity index (χ0) is 15.9. The average molecular weight is 301 g/mol. The number of aromatic nitrogens is 2. The van der Waals surface area contributed by atoms with E-state index in [1.54, 1.807) is 27.0 Å². The number of aryl methyl sites for hydroxylation is 1. The third kappa shape index (κ3) is 2.30. The van der Waals surface area contributed by atoms with E-state index in [0.717, 1.165) is 0 Å². The largest absolute Gasteiger partial charge is 0.310 e.